The van der Waals surface area contributed by atoms with Crippen LogP contribution < -0.4 is 11.1 Å². The number of rotatable bonds is 2. The summed E-state index contributed by atoms with van der Waals surface area (Å²) < 4.78 is 0. The van der Waals surface area contributed by atoms with E-state index < -0.39 is 0 Å². The van der Waals surface area contributed by atoms with Crippen molar-refractivity contribution in [2.45, 2.75) is 6.54 Å². The van der Waals surface area contributed by atoms with Gasteiger partial charge in [0.1, 0.15) is 0 Å². The van der Waals surface area contributed by atoms with Gasteiger partial charge in [-0.05, 0) is 17.7 Å². The summed E-state index contributed by atoms with van der Waals surface area (Å²) in [7, 11) is 1.64. The summed E-state index contributed by atoms with van der Waals surface area (Å²) in [5.74, 6) is 0.440. The van der Waals surface area contributed by atoms with Gasteiger partial charge in [-0.3, -0.25) is 4.99 Å². The van der Waals surface area contributed by atoms with Gasteiger partial charge in [0.15, 0.2) is 5.96 Å². The fraction of sp³-hybridized carbons (Fsp3) is 0.222. The fourth-order valence-corrected chi connectivity index (χ4v) is 1.000. The van der Waals surface area contributed by atoms with Crippen molar-refractivity contribution in [3.63, 3.8) is 0 Å². The first-order chi connectivity index (χ1) is 6.22. The van der Waals surface area contributed by atoms with E-state index in [2.05, 4.69) is 10.3 Å². The van der Waals surface area contributed by atoms with Gasteiger partial charge < -0.3 is 11.1 Å². The number of nitrogens with one attached hydrogen (secondary N) is 1. The molecule has 0 atom stereocenters. The Morgan fingerprint density at radius 3 is 2.62 bits per heavy atom. The minimum atomic E-state index is 0.440. The van der Waals surface area contributed by atoms with Crippen molar-refractivity contribution in [3.8, 4) is 0 Å². The molecule has 0 fully saturated rings. The highest BCUT2D eigenvalue weighted by Gasteiger charge is 1.93. The normalized spacial score (nSPS) is 11.4. The summed E-state index contributed by atoms with van der Waals surface area (Å²) in [6.45, 7) is 0.667. The van der Waals surface area contributed by atoms with Crippen molar-refractivity contribution < 1.29 is 0 Å². The molecular weight excluding hydrogens is 186 g/mol. The molecule has 0 bridgehead atoms. The molecule has 0 aliphatic carbocycles. The van der Waals surface area contributed by atoms with Crippen molar-refractivity contribution in [2.75, 3.05) is 7.05 Å². The number of hydrogen-bond acceptors (Lipinski definition) is 1. The van der Waals surface area contributed by atoms with Crippen molar-refractivity contribution >= 4 is 17.6 Å². The van der Waals surface area contributed by atoms with Crippen LogP contribution in [0.5, 0.6) is 0 Å². The largest absolute Gasteiger partial charge is 0.370 e. The van der Waals surface area contributed by atoms with E-state index in [0.717, 1.165) is 10.6 Å². The van der Waals surface area contributed by atoms with Crippen LogP contribution in [0.2, 0.25) is 5.02 Å². The minimum Gasteiger partial charge on any atom is -0.370 e. The number of guanidine groups is 1. The first-order valence-electron chi connectivity index (χ1n) is 3.93. The first-order valence-corrected chi connectivity index (χ1v) is 4.30. The number of aliphatic imine (C=N–C) groups is 1. The highest BCUT2D eigenvalue weighted by Crippen LogP contribution is 2.08. The summed E-state index contributed by atoms with van der Waals surface area (Å²) in [4.78, 5) is 3.78. The van der Waals surface area contributed by atoms with Crippen LogP contribution in [0.3, 0.4) is 0 Å². The van der Waals surface area contributed by atoms with Gasteiger partial charge in [0.25, 0.3) is 0 Å². The van der Waals surface area contributed by atoms with Crippen molar-refractivity contribution in [1.29, 1.82) is 0 Å². The van der Waals surface area contributed by atoms with Crippen LogP contribution in [0.15, 0.2) is 29.3 Å². The number of nitrogens with two attached hydrogens (primary N) is 1. The number of halogens is 1. The molecule has 70 valence electrons. The third kappa shape index (κ3) is 3.34. The maximum Gasteiger partial charge on any atom is 0.188 e. The van der Waals surface area contributed by atoms with Gasteiger partial charge in [0.05, 0.1) is 0 Å². The second-order valence-electron chi connectivity index (χ2n) is 2.59. The first kappa shape index (κ1) is 9.86. The molecule has 0 spiro atoms. The standard InChI is InChI=1S/C9H12ClN3/c1-12-9(11)13-6-7-2-4-8(10)5-3-7/h2-5H,6H2,1H3,(H3,11,12,13). The highest BCUT2D eigenvalue weighted by molar-refractivity contribution is 6.30. The Hall–Kier alpha value is -1.22. The van der Waals surface area contributed by atoms with E-state index in [1.54, 1.807) is 7.05 Å². The monoisotopic (exact) mass is 197 g/mol. The van der Waals surface area contributed by atoms with Gasteiger partial charge in [-0.2, -0.15) is 0 Å². The van der Waals surface area contributed by atoms with E-state index in [-0.39, 0.29) is 0 Å². The Morgan fingerprint density at radius 2 is 2.08 bits per heavy atom. The highest BCUT2D eigenvalue weighted by atomic mass is 35.5. The summed E-state index contributed by atoms with van der Waals surface area (Å²) in [5, 5.41) is 3.69. The molecule has 0 amide bonds. The molecule has 0 saturated heterocycles. The van der Waals surface area contributed by atoms with Crippen molar-refractivity contribution in [1.82, 2.24) is 5.32 Å². The van der Waals surface area contributed by atoms with Gasteiger partial charge in [0.2, 0.25) is 0 Å². The number of benzene rings is 1. The van der Waals surface area contributed by atoms with Crippen molar-refractivity contribution in [3.05, 3.63) is 34.9 Å². The Kier molecular flexibility index (Phi) is 3.58. The predicted molar refractivity (Wildman–Crippen MR) is 55.8 cm³/mol. The fourth-order valence-electron chi connectivity index (χ4n) is 0.874. The van der Waals surface area contributed by atoms with Crippen LogP contribution >= 0.6 is 11.6 Å². The zero-order chi connectivity index (χ0) is 9.68. The number of hydrogen-bond donors (Lipinski definition) is 2. The summed E-state index contributed by atoms with van der Waals surface area (Å²) in [5.41, 5.74) is 6.58. The molecule has 0 saturated carbocycles. The Balaban J connectivity index is 2.51. The van der Waals surface area contributed by atoms with Crippen LogP contribution in [-0.4, -0.2) is 13.0 Å². The Labute approximate surface area is 82.6 Å². The molecule has 1 rings (SSSR count). The lowest BCUT2D eigenvalue weighted by molar-refractivity contribution is 0.901. The van der Waals surface area contributed by atoms with E-state index in [0.29, 0.717) is 12.5 Å². The smallest absolute Gasteiger partial charge is 0.188 e. The average Bonchev–Trinajstić information content (AvgIpc) is 2.16. The van der Waals surface area contributed by atoms with E-state index in [9.17, 15) is 0 Å². The summed E-state index contributed by atoms with van der Waals surface area (Å²) in [6.07, 6.45) is 0. The van der Waals surface area contributed by atoms with E-state index >= 15 is 0 Å². The van der Waals surface area contributed by atoms with E-state index in [4.69, 9.17) is 17.3 Å². The van der Waals surface area contributed by atoms with Gasteiger partial charge in [0, 0.05) is 18.6 Å². The molecule has 1 aromatic carbocycles. The van der Waals surface area contributed by atoms with Crippen molar-refractivity contribution in [2.24, 2.45) is 10.7 Å². The summed E-state index contributed by atoms with van der Waals surface area (Å²) in [6, 6.07) is 7.58. The molecule has 13 heavy (non-hydrogen) atoms. The lowest BCUT2D eigenvalue weighted by Crippen LogP contribution is -2.30. The van der Waals surface area contributed by atoms with Crippen LogP contribution in [0.4, 0.5) is 0 Å². The third-order valence-electron chi connectivity index (χ3n) is 1.63. The second-order valence-corrected chi connectivity index (χ2v) is 3.03. The molecular formula is C9H12ClN3. The quantitative estimate of drug-likeness (QED) is 0.556. The van der Waals surface area contributed by atoms with Gasteiger partial charge in [-0.25, -0.2) is 0 Å². The lowest BCUT2D eigenvalue weighted by atomic mass is 10.2. The third-order valence-corrected chi connectivity index (χ3v) is 1.88. The van der Waals surface area contributed by atoms with Crippen LogP contribution in [-0.2, 0) is 6.54 Å². The predicted octanol–water partition coefficient (Wildman–Crippen LogP) is 1.37. The minimum absolute atomic E-state index is 0.440. The van der Waals surface area contributed by atoms with E-state index in [1.165, 1.54) is 0 Å². The van der Waals surface area contributed by atoms with E-state index in [1.807, 2.05) is 24.3 Å². The van der Waals surface area contributed by atoms with Gasteiger partial charge >= 0.3 is 0 Å². The second kappa shape index (κ2) is 4.72. The molecule has 0 aliphatic rings. The Bertz CT molecular complexity index is 292. The van der Waals surface area contributed by atoms with Gasteiger partial charge in [-0.15, -0.1) is 0 Å². The van der Waals surface area contributed by atoms with Crippen LogP contribution in [0.1, 0.15) is 5.56 Å². The van der Waals surface area contributed by atoms with Crippen LogP contribution in [0, 0.1) is 0 Å². The molecule has 0 unspecified atom stereocenters. The molecule has 0 heterocycles. The maximum absolute atomic E-state index is 5.73. The lowest BCUT2D eigenvalue weighted by Gasteiger charge is -2.04. The maximum atomic E-state index is 5.73. The summed E-state index contributed by atoms with van der Waals surface area (Å²) >= 11 is 5.73. The van der Waals surface area contributed by atoms with Gasteiger partial charge in [-0.1, -0.05) is 23.7 Å². The topological polar surface area (TPSA) is 50.4 Å². The zero-order valence-electron chi connectivity index (χ0n) is 7.42. The molecule has 3 N–H and O–H groups in total. The Morgan fingerprint density at radius 1 is 1.46 bits per heavy atom. The SMILES string of the molecule is C/N=C(\N)NCc1ccc(Cl)cc1. The molecule has 4 heteroatoms. The number of nitrogens with zero attached hydrogens (tertiary/aromatic N) is 1. The molecule has 0 aromatic heterocycles. The van der Waals surface area contributed by atoms with Crippen LogP contribution in [0.25, 0.3) is 0 Å². The molecule has 0 aliphatic heterocycles. The molecule has 1 aromatic rings. The zero-order valence-corrected chi connectivity index (χ0v) is 8.17. The molecule has 0 radical (unpaired) electrons. The molecule has 3 nitrogen and oxygen atoms in total. The average molecular weight is 198 g/mol.